The van der Waals surface area contributed by atoms with Gasteiger partial charge < -0.3 is 15.7 Å². The predicted octanol–water partition coefficient (Wildman–Crippen LogP) is 1.24. The lowest BCUT2D eigenvalue weighted by atomic mass is 9.92. The number of anilines is 1. The van der Waals surface area contributed by atoms with Gasteiger partial charge in [0.1, 0.15) is 0 Å². The number of nitrogens with zero attached hydrogens (tertiary/aromatic N) is 4. The van der Waals surface area contributed by atoms with E-state index in [1.54, 1.807) is 10.9 Å². The Bertz CT molecular complexity index is 809. The summed E-state index contributed by atoms with van der Waals surface area (Å²) in [6, 6.07) is 7.94. The Balaban J connectivity index is 1.36. The molecule has 2 saturated heterocycles. The van der Waals surface area contributed by atoms with Crippen LogP contribution in [0.4, 0.5) is 5.69 Å². The van der Waals surface area contributed by atoms with Crippen LogP contribution in [-0.4, -0.2) is 62.7 Å². The lowest BCUT2D eigenvalue weighted by molar-refractivity contribution is -0.00865. The molecule has 0 bridgehead atoms. The van der Waals surface area contributed by atoms with E-state index in [1.165, 1.54) is 18.4 Å². The highest BCUT2D eigenvalue weighted by Gasteiger charge is 2.30. The van der Waals surface area contributed by atoms with Crippen LogP contribution in [0.1, 0.15) is 41.7 Å². The van der Waals surface area contributed by atoms with Crippen molar-refractivity contribution in [3.63, 3.8) is 0 Å². The van der Waals surface area contributed by atoms with Crippen LogP contribution in [-0.2, 0) is 13.1 Å². The van der Waals surface area contributed by atoms with Gasteiger partial charge in [-0.1, -0.05) is 17.3 Å². The summed E-state index contributed by atoms with van der Waals surface area (Å²) in [6.07, 6.45) is 5.45. The molecule has 1 amide bonds. The first-order valence-corrected chi connectivity index (χ1v) is 10.1. The number of rotatable bonds is 6. The molecular formula is C20H28N6O2. The Morgan fingerprint density at radius 3 is 2.82 bits per heavy atom. The number of hydrogen-bond acceptors (Lipinski definition) is 6. The molecule has 2 aliphatic heterocycles. The summed E-state index contributed by atoms with van der Waals surface area (Å²) in [5.74, 6) is -0.290. The topological polar surface area (TPSA) is 95.3 Å². The molecule has 4 rings (SSSR count). The number of aliphatic hydroxyl groups is 1. The highest BCUT2D eigenvalue weighted by Crippen LogP contribution is 2.20. The van der Waals surface area contributed by atoms with Crippen LogP contribution < -0.4 is 10.6 Å². The number of likely N-dealkylation sites (tertiary alicyclic amines) is 1. The third kappa shape index (κ3) is 4.76. The van der Waals surface area contributed by atoms with E-state index in [0.717, 1.165) is 38.4 Å². The van der Waals surface area contributed by atoms with Gasteiger partial charge in [-0.2, -0.15) is 0 Å². The van der Waals surface area contributed by atoms with Crippen molar-refractivity contribution >= 4 is 11.6 Å². The third-order valence-corrected chi connectivity index (χ3v) is 5.55. The van der Waals surface area contributed by atoms with Crippen LogP contribution in [0.25, 0.3) is 0 Å². The number of nitrogens with one attached hydrogen (secondary N) is 2. The smallest absolute Gasteiger partial charge is 0.277 e. The van der Waals surface area contributed by atoms with Gasteiger partial charge >= 0.3 is 0 Å². The molecule has 1 aromatic carbocycles. The molecule has 0 unspecified atom stereocenters. The average Bonchev–Trinajstić information content (AvgIpc) is 3.34. The van der Waals surface area contributed by atoms with Crippen molar-refractivity contribution in [1.29, 1.82) is 0 Å². The molecule has 8 heteroatoms. The van der Waals surface area contributed by atoms with Crippen molar-refractivity contribution in [2.45, 2.75) is 44.4 Å². The lowest BCUT2D eigenvalue weighted by Crippen LogP contribution is -2.44. The highest BCUT2D eigenvalue weighted by atomic mass is 16.3. The van der Waals surface area contributed by atoms with Crippen LogP contribution in [0.3, 0.4) is 0 Å². The molecule has 2 aromatic rings. The first-order chi connectivity index (χ1) is 13.6. The van der Waals surface area contributed by atoms with Gasteiger partial charge in [-0.3, -0.25) is 9.69 Å². The SMILES string of the molecule is O=C(Nc1cccc(CN2CCCC2)c1)c1cn(CC2(O)CCNCC2)nn1. The fourth-order valence-electron chi connectivity index (χ4n) is 3.97. The van der Waals surface area contributed by atoms with E-state index in [4.69, 9.17) is 0 Å². The van der Waals surface area contributed by atoms with Crippen molar-refractivity contribution in [1.82, 2.24) is 25.2 Å². The maximum atomic E-state index is 12.5. The van der Waals surface area contributed by atoms with Gasteiger partial charge in [0.25, 0.3) is 5.91 Å². The first-order valence-electron chi connectivity index (χ1n) is 10.1. The fraction of sp³-hybridized carbons (Fsp3) is 0.550. The number of hydrogen-bond donors (Lipinski definition) is 3. The van der Waals surface area contributed by atoms with E-state index >= 15 is 0 Å². The molecule has 0 atom stereocenters. The van der Waals surface area contributed by atoms with E-state index in [0.29, 0.717) is 19.4 Å². The molecule has 3 N–H and O–H groups in total. The maximum absolute atomic E-state index is 12.5. The maximum Gasteiger partial charge on any atom is 0.277 e. The van der Waals surface area contributed by atoms with Gasteiger partial charge in [-0.25, -0.2) is 4.68 Å². The number of aromatic nitrogens is 3. The highest BCUT2D eigenvalue weighted by molar-refractivity contribution is 6.02. The van der Waals surface area contributed by atoms with Crippen molar-refractivity contribution in [3.05, 3.63) is 41.7 Å². The van der Waals surface area contributed by atoms with Crippen LogP contribution in [0.2, 0.25) is 0 Å². The average molecular weight is 384 g/mol. The first kappa shape index (κ1) is 19.0. The second-order valence-electron chi connectivity index (χ2n) is 7.91. The van der Waals surface area contributed by atoms with Crippen LogP contribution in [0.5, 0.6) is 0 Å². The second-order valence-corrected chi connectivity index (χ2v) is 7.91. The van der Waals surface area contributed by atoms with E-state index in [1.807, 2.05) is 18.2 Å². The molecule has 0 saturated carbocycles. The molecule has 3 heterocycles. The number of carbonyl (C=O) groups excluding carboxylic acids is 1. The molecule has 8 nitrogen and oxygen atoms in total. The zero-order valence-corrected chi connectivity index (χ0v) is 16.1. The molecule has 0 aliphatic carbocycles. The van der Waals surface area contributed by atoms with Crippen molar-refractivity contribution in [2.75, 3.05) is 31.5 Å². The predicted molar refractivity (Wildman–Crippen MR) is 106 cm³/mol. The van der Waals surface area contributed by atoms with Gasteiger partial charge in [0.15, 0.2) is 5.69 Å². The minimum Gasteiger partial charge on any atom is -0.388 e. The normalized spacial score (nSPS) is 19.6. The van der Waals surface area contributed by atoms with Crippen molar-refractivity contribution < 1.29 is 9.90 Å². The number of carbonyl (C=O) groups is 1. The van der Waals surface area contributed by atoms with Gasteiger partial charge in [-0.15, -0.1) is 5.10 Å². The van der Waals surface area contributed by atoms with E-state index in [-0.39, 0.29) is 11.6 Å². The van der Waals surface area contributed by atoms with Crippen LogP contribution in [0, 0.1) is 0 Å². The quantitative estimate of drug-likeness (QED) is 0.694. The van der Waals surface area contributed by atoms with Gasteiger partial charge in [-0.05, 0) is 69.6 Å². The molecule has 28 heavy (non-hydrogen) atoms. The zero-order chi connectivity index (χ0) is 19.4. The van der Waals surface area contributed by atoms with E-state index < -0.39 is 5.60 Å². The number of piperidine rings is 1. The Morgan fingerprint density at radius 2 is 2.04 bits per heavy atom. The third-order valence-electron chi connectivity index (χ3n) is 5.55. The minimum absolute atomic E-state index is 0.252. The summed E-state index contributed by atoms with van der Waals surface area (Å²) in [5, 5.41) is 24.8. The molecule has 1 aromatic heterocycles. The second kappa shape index (κ2) is 8.38. The zero-order valence-electron chi connectivity index (χ0n) is 16.1. The van der Waals surface area contributed by atoms with Crippen molar-refractivity contribution in [2.24, 2.45) is 0 Å². The van der Waals surface area contributed by atoms with Gasteiger partial charge in [0, 0.05) is 12.2 Å². The molecule has 2 aliphatic rings. The van der Waals surface area contributed by atoms with Gasteiger partial charge in [0.2, 0.25) is 0 Å². The lowest BCUT2D eigenvalue weighted by Gasteiger charge is -2.32. The summed E-state index contributed by atoms with van der Waals surface area (Å²) in [5.41, 5.74) is 1.41. The van der Waals surface area contributed by atoms with E-state index in [2.05, 4.69) is 31.9 Å². The van der Waals surface area contributed by atoms with Crippen LogP contribution in [0.15, 0.2) is 30.5 Å². The van der Waals surface area contributed by atoms with Crippen molar-refractivity contribution in [3.8, 4) is 0 Å². The monoisotopic (exact) mass is 384 g/mol. The summed E-state index contributed by atoms with van der Waals surface area (Å²) in [4.78, 5) is 15.0. The number of benzene rings is 1. The Morgan fingerprint density at radius 1 is 1.25 bits per heavy atom. The summed E-state index contributed by atoms with van der Waals surface area (Å²) in [6.45, 7) is 5.11. The molecule has 0 spiro atoms. The minimum atomic E-state index is -0.795. The van der Waals surface area contributed by atoms with Gasteiger partial charge in [0.05, 0.1) is 18.3 Å². The number of amides is 1. The Labute approximate surface area is 164 Å². The molecule has 0 radical (unpaired) electrons. The summed E-state index contributed by atoms with van der Waals surface area (Å²) < 4.78 is 1.56. The largest absolute Gasteiger partial charge is 0.388 e. The molecular weight excluding hydrogens is 356 g/mol. The Hall–Kier alpha value is -2.29. The van der Waals surface area contributed by atoms with Crippen LogP contribution >= 0.6 is 0 Å². The molecule has 150 valence electrons. The summed E-state index contributed by atoms with van der Waals surface area (Å²) >= 11 is 0. The molecule has 2 fully saturated rings. The fourth-order valence-corrected chi connectivity index (χ4v) is 3.97. The standard InChI is InChI=1S/C20H28N6O2/c27-19(18-14-26(24-23-18)15-20(28)6-8-21-9-7-20)22-17-5-3-4-16(12-17)13-25-10-1-2-11-25/h3-5,12,14,21,28H,1-2,6-11,13,15H2,(H,22,27). The summed E-state index contributed by atoms with van der Waals surface area (Å²) in [7, 11) is 0. The Kier molecular flexibility index (Phi) is 5.70. The van der Waals surface area contributed by atoms with E-state index in [9.17, 15) is 9.90 Å².